The molecule has 0 aromatic heterocycles. The average molecular weight is 206 g/mol. The van der Waals surface area contributed by atoms with Gasteiger partial charge < -0.3 is 9.90 Å². The van der Waals surface area contributed by atoms with Gasteiger partial charge in [0.2, 0.25) is 0 Å². The van der Waals surface area contributed by atoms with Gasteiger partial charge >= 0.3 is 5.97 Å². The van der Waals surface area contributed by atoms with Gasteiger partial charge in [0.25, 0.3) is 0 Å². The van der Waals surface area contributed by atoms with Crippen LogP contribution in [0.25, 0.3) is 0 Å². The minimum Gasteiger partial charge on any atom is -0.478 e. The highest BCUT2D eigenvalue weighted by Gasteiger charge is 2.14. The molecule has 0 aliphatic carbocycles. The number of carbonyl (C=O) groups is 3. The van der Waals surface area contributed by atoms with Crippen LogP contribution in [0.5, 0.6) is 0 Å². The molecule has 0 aliphatic heterocycles. The van der Waals surface area contributed by atoms with Gasteiger partial charge in [0.1, 0.15) is 6.29 Å². The Balaban J connectivity index is 2.97. The van der Waals surface area contributed by atoms with E-state index in [9.17, 15) is 14.4 Å². The predicted molar refractivity (Wildman–Crippen MR) is 53.0 cm³/mol. The minimum atomic E-state index is -1.13. The number of carboxylic acid groups (broad SMARTS) is 1. The monoisotopic (exact) mass is 206 g/mol. The number of Topliss-reactive ketones (excluding diaryl/α,β-unsaturated/α-hetero) is 1. The van der Waals surface area contributed by atoms with Gasteiger partial charge in [-0.05, 0) is 6.07 Å². The maximum atomic E-state index is 11.5. The summed E-state index contributed by atoms with van der Waals surface area (Å²) in [6.07, 6.45) is 0.807. The summed E-state index contributed by atoms with van der Waals surface area (Å²) in [4.78, 5) is 32.4. The number of carbonyl (C=O) groups excluding carboxylic acids is 2. The lowest BCUT2D eigenvalue weighted by molar-refractivity contribution is -0.107. The van der Waals surface area contributed by atoms with E-state index < -0.39 is 5.97 Å². The molecule has 1 aromatic rings. The number of hydrogen-bond donors (Lipinski definition) is 1. The van der Waals surface area contributed by atoms with Crippen LogP contribution in [0.1, 0.15) is 33.6 Å². The summed E-state index contributed by atoms with van der Waals surface area (Å²) in [5.41, 5.74) is 0.139. The van der Waals surface area contributed by atoms with Gasteiger partial charge in [0.05, 0.1) is 5.56 Å². The van der Waals surface area contributed by atoms with Crippen molar-refractivity contribution in [3.8, 4) is 0 Å². The van der Waals surface area contributed by atoms with Crippen LogP contribution in [0.3, 0.4) is 0 Å². The second kappa shape index (κ2) is 5.05. The van der Waals surface area contributed by atoms with Crippen LogP contribution in [0.4, 0.5) is 0 Å². The highest BCUT2D eigenvalue weighted by Crippen LogP contribution is 2.11. The molecule has 78 valence electrons. The van der Waals surface area contributed by atoms with Crippen molar-refractivity contribution >= 4 is 18.0 Å². The lowest BCUT2D eigenvalue weighted by atomic mass is 10.0. The number of carboxylic acids is 1. The van der Waals surface area contributed by atoms with Crippen molar-refractivity contribution in [1.82, 2.24) is 0 Å². The summed E-state index contributed by atoms with van der Waals surface area (Å²) in [7, 11) is 0. The highest BCUT2D eigenvalue weighted by atomic mass is 16.4. The van der Waals surface area contributed by atoms with Gasteiger partial charge in [-0.15, -0.1) is 0 Å². The van der Waals surface area contributed by atoms with Gasteiger partial charge in [-0.1, -0.05) is 18.2 Å². The van der Waals surface area contributed by atoms with Gasteiger partial charge in [-0.2, -0.15) is 0 Å². The summed E-state index contributed by atoms with van der Waals surface area (Å²) in [5.74, 6) is -1.45. The third-order valence-electron chi connectivity index (χ3n) is 1.95. The molecule has 0 amide bonds. The van der Waals surface area contributed by atoms with Crippen LogP contribution in [0, 0.1) is 0 Å². The fourth-order valence-electron chi connectivity index (χ4n) is 1.24. The molecule has 0 heterocycles. The number of ketones is 1. The Morgan fingerprint density at radius 2 is 1.80 bits per heavy atom. The van der Waals surface area contributed by atoms with Crippen molar-refractivity contribution < 1.29 is 19.5 Å². The van der Waals surface area contributed by atoms with Crippen molar-refractivity contribution in [2.45, 2.75) is 12.8 Å². The molecule has 1 rings (SSSR count). The summed E-state index contributed by atoms with van der Waals surface area (Å²) < 4.78 is 0. The molecule has 4 heteroatoms. The zero-order valence-electron chi connectivity index (χ0n) is 7.97. The molecular formula is C11H10O4. The summed E-state index contributed by atoms with van der Waals surface area (Å²) in [5, 5.41) is 8.82. The Hall–Kier alpha value is -1.97. The molecule has 0 unspecified atom stereocenters. The Labute approximate surface area is 86.5 Å². The van der Waals surface area contributed by atoms with Crippen LogP contribution in [0.2, 0.25) is 0 Å². The molecule has 1 N–H and O–H groups in total. The molecule has 0 radical (unpaired) electrons. The summed E-state index contributed by atoms with van der Waals surface area (Å²) >= 11 is 0. The van der Waals surface area contributed by atoms with Crippen LogP contribution in [0.15, 0.2) is 24.3 Å². The molecule has 0 bridgehead atoms. The molecule has 0 spiro atoms. The number of rotatable bonds is 5. The Morgan fingerprint density at radius 1 is 1.20 bits per heavy atom. The largest absolute Gasteiger partial charge is 0.478 e. The van der Waals surface area contributed by atoms with E-state index in [1.807, 2.05) is 0 Å². The van der Waals surface area contributed by atoms with E-state index in [0.717, 1.165) is 0 Å². The lowest BCUT2D eigenvalue weighted by Gasteiger charge is -2.02. The van der Waals surface area contributed by atoms with Crippen molar-refractivity contribution in [1.29, 1.82) is 0 Å². The molecule has 0 saturated carbocycles. The number of benzene rings is 1. The number of hydrogen-bond acceptors (Lipinski definition) is 3. The van der Waals surface area contributed by atoms with Crippen LogP contribution in [-0.4, -0.2) is 23.1 Å². The molecular weight excluding hydrogens is 196 g/mol. The Kier molecular flexibility index (Phi) is 3.74. The first-order valence-electron chi connectivity index (χ1n) is 4.46. The van der Waals surface area contributed by atoms with E-state index in [2.05, 4.69) is 0 Å². The van der Waals surface area contributed by atoms with E-state index in [-0.39, 0.29) is 29.8 Å². The first-order valence-corrected chi connectivity index (χ1v) is 4.46. The van der Waals surface area contributed by atoms with Crippen LogP contribution in [-0.2, 0) is 4.79 Å². The quantitative estimate of drug-likeness (QED) is 0.586. The maximum absolute atomic E-state index is 11.5. The van der Waals surface area contributed by atoms with Crippen molar-refractivity contribution in [3.05, 3.63) is 35.4 Å². The van der Waals surface area contributed by atoms with Crippen LogP contribution < -0.4 is 0 Å². The molecule has 15 heavy (non-hydrogen) atoms. The fraction of sp³-hybridized carbons (Fsp3) is 0.182. The van der Waals surface area contributed by atoms with E-state index in [0.29, 0.717) is 6.29 Å². The van der Waals surface area contributed by atoms with Crippen molar-refractivity contribution in [2.75, 3.05) is 0 Å². The molecule has 0 atom stereocenters. The number of aromatic carboxylic acids is 1. The second-order valence-electron chi connectivity index (χ2n) is 2.98. The number of aldehydes is 1. The second-order valence-corrected chi connectivity index (χ2v) is 2.98. The molecule has 0 fully saturated rings. The van der Waals surface area contributed by atoms with E-state index in [4.69, 9.17) is 5.11 Å². The van der Waals surface area contributed by atoms with Crippen molar-refractivity contribution in [3.63, 3.8) is 0 Å². The Bertz CT molecular complexity index is 395. The highest BCUT2D eigenvalue weighted by molar-refractivity contribution is 6.06. The lowest BCUT2D eigenvalue weighted by Crippen LogP contribution is -2.08. The molecule has 1 aromatic carbocycles. The molecule has 0 saturated heterocycles. The third kappa shape index (κ3) is 2.74. The van der Waals surface area contributed by atoms with Gasteiger partial charge in [0, 0.05) is 18.4 Å². The first-order chi connectivity index (χ1) is 7.16. The van der Waals surface area contributed by atoms with Gasteiger partial charge in [-0.3, -0.25) is 4.79 Å². The normalized spacial score (nSPS) is 9.60. The van der Waals surface area contributed by atoms with Crippen molar-refractivity contribution in [2.24, 2.45) is 0 Å². The minimum absolute atomic E-state index is 0.0200. The van der Waals surface area contributed by atoms with Gasteiger partial charge in [0.15, 0.2) is 5.78 Å². The molecule has 0 aliphatic rings. The van der Waals surface area contributed by atoms with E-state index in [1.165, 1.54) is 12.1 Å². The zero-order chi connectivity index (χ0) is 11.3. The molecule has 4 nitrogen and oxygen atoms in total. The topological polar surface area (TPSA) is 71.4 Å². The maximum Gasteiger partial charge on any atom is 0.336 e. The summed E-state index contributed by atoms with van der Waals surface area (Å²) in [6.45, 7) is 0. The smallest absolute Gasteiger partial charge is 0.336 e. The predicted octanol–water partition coefficient (Wildman–Crippen LogP) is 1.55. The average Bonchev–Trinajstić information content (AvgIpc) is 2.25. The van der Waals surface area contributed by atoms with E-state index >= 15 is 0 Å². The summed E-state index contributed by atoms with van der Waals surface area (Å²) in [6, 6.07) is 5.98. The van der Waals surface area contributed by atoms with E-state index in [1.54, 1.807) is 12.1 Å². The standard InChI is InChI=1S/C11H10O4/c12-7-3-6-10(13)8-4-1-2-5-9(8)11(14)15/h1-2,4-5,7H,3,6H2,(H,14,15). The fourth-order valence-corrected chi connectivity index (χ4v) is 1.24. The SMILES string of the molecule is O=CCCC(=O)c1ccccc1C(=O)O. The first kappa shape index (κ1) is 11.1. The third-order valence-corrected chi connectivity index (χ3v) is 1.95. The zero-order valence-corrected chi connectivity index (χ0v) is 7.97. The van der Waals surface area contributed by atoms with Gasteiger partial charge in [-0.25, -0.2) is 4.79 Å². The van der Waals surface area contributed by atoms with Crippen LogP contribution >= 0.6 is 0 Å². The Morgan fingerprint density at radius 3 is 2.33 bits per heavy atom.